The van der Waals surface area contributed by atoms with Crippen molar-refractivity contribution in [3.8, 4) is 0 Å². The molecule has 0 fully saturated rings. The molecule has 0 rings (SSSR count). The lowest BCUT2D eigenvalue weighted by molar-refractivity contribution is 0.689. The Kier molecular flexibility index (Phi) is 3.69. The van der Waals surface area contributed by atoms with Crippen molar-refractivity contribution in [1.29, 1.82) is 5.41 Å². The van der Waals surface area contributed by atoms with Crippen molar-refractivity contribution in [3.05, 3.63) is 0 Å². The summed E-state index contributed by atoms with van der Waals surface area (Å²) in [5.41, 5.74) is 0.575. The molecule has 3 heteroatoms. The summed E-state index contributed by atoms with van der Waals surface area (Å²) >= 11 is 0. The zero-order valence-electron chi connectivity index (χ0n) is 5.23. The molecule has 0 aromatic heterocycles. The second-order valence-corrected chi connectivity index (χ2v) is 3.11. The van der Waals surface area contributed by atoms with Gasteiger partial charge >= 0.3 is 0 Å². The maximum absolute atomic E-state index is 10.4. The first kappa shape index (κ1) is 7.82. The minimum absolute atomic E-state index is 0.441. The fourth-order valence-electron chi connectivity index (χ4n) is 0.347. The summed E-state index contributed by atoms with van der Waals surface area (Å²) in [5.74, 6) is 0.441. The highest BCUT2D eigenvalue weighted by molar-refractivity contribution is 7.85. The van der Waals surface area contributed by atoms with Gasteiger partial charge in [0.25, 0.3) is 0 Å². The molecule has 2 nitrogen and oxygen atoms in total. The molecular weight excluding hydrogens is 122 g/mol. The van der Waals surface area contributed by atoms with Crippen LogP contribution >= 0.6 is 0 Å². The molecule has 1 N–H and O–H groups in total. The Bertz CT molecular complexity index is 111. The van der Waals surface area contributed by atoms with Crippen LogP contribution in [0.15, 0.2) is 0 Å². The van der Waals surface area contributed by atoms with Crippen LogP contribution in [0.4, 0.5) is 0 Å². The van der Waals surface area contributed by atoms with Gasteiger partial charge in [0.15, 0.2) is 0 Å². The lowest BCUT2D eigenvalue weighted by atomic mass is 10.3. The van der Waals surface area contributed by atoms with Gasteiger partial charge in [-0.15, -0.1) is 0 Å². The van der Waals surface area contributed by atoms with Gasteiger partial charge in [-0.25, -0.2) is 0 Å². The lowest BCUT2D eigenvalue weighted by Crippen LogP contribution is -2.05. The molecule has 0 saturated carbocycles. The average molecular weight is 133 g/mol. The van der Waals surface area contributed by atoms with E-state index in [1.807, 2.05) is 6.92 Å². The van der Waals surface area contributed by atoms with Gasteiger partial charge in [-0.1, -0.05) is 6.92 Å². The van der Waals surface area contributed by atoms with Crippen LogP contribution in [-0.2, 0) is 10.8 Å². The van der Waals surface area contributed by atoms with E-state index >= 15 is 0 Å². The number of hydrogen-bond acceptors (Lipinski definition) is 2. The zero-order valence-corrected chi connectivity index (χ0v) is 6.05. The largest absolute Gasteiger partial charge is 0.309 e. The zero-order chi connectivity index (χ0) is 6.57. The summed E-state index contributed by atoms with van der Waals surface area (Å²) in [4.78, 5) is 0. The summed E-state index contributed by atoms with van der Waals surface area (Å²) in [6, 6.07) is 0. The molecule has 48 valence electrons. The third kappa shape index (κ3) is 3.99. The van der Waals surface area contributed by atoms with Crippen molar-refractivity contribution in [2.75, 3.05) is 12.0 Å². The standard InChI is InChI=1S/C5H11NOS/c1-3-5(6)4-8(2)7/h6H,3-4H2,1-2H3. The number of hydrogen-bond donors (Lipinski definition) is 1. The molecule has 0 aliphatic rings. The Morgan fingerprint density at radius 1 is 1.75 bits per heavy atom. The number of rotatable bonds is 3. The SMILES string of the molecule is CCC(=N)CS(C)=O. The fourth-order valence-corrected chi connectivity index (χ4v) is 1.04. The van der Waals surface area contributed by atoms with E-state index in [4.69, 9.17) is 5.41 Å². The summed E-state index contributed by atoms with van der Waals surface area (Å²) in [7, 11) is -0.820. The monoisotopic (exact) mass is 133 g/mol. The molecule has 0 saturated heterocycles. The van der Waals surface area contributed by atoms with E-state index in [9.17, 15) is 4.21 Å². The van der Waals surface area contributed by atoms with Crippen molar-refractivity contribution >= 4 is 16.5 Å². The minimum Gasteiger partial charge on any atom is -0.309 e. The highest BCUT2D eigenvalue weighted by atomic mass is 32.2. The Labute approximate surface area is 52.3 Å². The molecule has 0 amide bonds. The quantitative estimate of drug-likeness (QED) is 0.568. The molecule has 0 spiro atoms. The predicted octanol–water partition coefficient (Wildman–Crippen LogP) is 0.795. The van der Waals surface area contributed by atoms with Gasteiger partial charge in [0.1, 0.15) is 0 Å². The molecule has 0 aliphatic heterocycles. The summed E-state index contributed by atoms with van der Waals surface area (Å²) in [6.45, 7) is 1.90. The van der Waals surface area contributed by atoms with Gasteiger partial charge in [0.05, 0.1) is 5.75 Å². The van der Waals surface area contributed by atoms with Gasteiger partial charge in [-0.05, 0) is 6.42 Å². The first-order valence-electron chi connectivity index (χ1n) is 2.53. The topological polar surface area (TPSA) is 40.9 Å². The van der Waals surface area contributed by atoms with Crippen molar-refractivity contribution in [1.82, 2.24) is 0 Å². The van der Waals surface area contributed by atoms with Crippen LogP contribution in [0.2, 0.25) is 0 Å². The second kappa shape index (κ2) is 3.78. The number of nitrogens with one attached hydrogen (secondary N) is 1. The molecule has 0 heterocycles. The normalized spacial score (nSPS) is 13.2. The lowest BCUT2D eigenvalue weighted by Gasteiger charge is -1.92. The molecule has 0 radical (unpaired) electrons. The predicted molar refractivity (Wildman–Crippen MR) is 37.0 cm³/mol. The third-order valence-electron chi connectivity index (χ3n) is 0.804. The summed E-state index contributed by atoms with van der Waals surface area (Å²) < 4.78 is 10.4. The van der Waals surface area contributed by atoms with Crippen molar-refractivity contribution in [2.24, 2.45) is 0 Å². The van der Waals surface area contributed by atoms with Crippen molar-refractivity contribution in [3.63, 3.8) is 0 Å². The molecule has 8 heavy (non-hydrogen) atoms. The molecule has 1 unspecified atom stereocenters. The summed E-state index contributed by atoms with van der Waals surface area (Å²) in [5, 5.41) is 7.07. The molecular formula is C5H11NOS. The highest BCUT2D eigenvalue weighted by Gasteiger charge is 1.93. The Morgan fingerprint density at radius 2 is 2.25 bits per heavy atom. The van der Waals surface area contributed by atoms with Crippen molar-refractivity contribution in [2.45, 2.75) is 13.3 Å². The van der Waals surface area contributed by atoms with Crippen LogP contribution in [0.5, 0.6) is 0 Å². The smallest absolute Gasteiger partial charge is 0.0609 e. The molecule has 0 aromatic rings. The van der Waals surface area contributed by atoms with Crippen LogP contribution in [0, 0.1) is 5.41 Å². The van der Waals surface area contributed by atoms with Crippen LogP contribution in [-0.4, -0.2) is 21.9 Å². The van der Waals surface area contributed by atoms with E-state index in [2.05, 4.69) is 0 Å². The fraction of sp³-hybridized carbons (Fsp3) is 0.800. The van der Waals surface area contributed by atoms with Gasteiger partial charge in [-0.3, -0.25) is 4.21 Å². The van der Waals surface area contributed by atoms with Crippen LogP contribution in [0.1, 0.15) is 13.3 Å². The summed E-state index contributed by atoms with van der Waals surface area (Å²) in [6.07, 6.45) is 2.34. The molecule has 0 aromatic carbocycles. The maximum Gasteiger partial charge on any atom is 0.0609 e. The molecule has 1 atom stereocenters. The molecule has 0 bridgehead atoms. The highest BCUT2D eigenvalue weighted by Crippen LogP contribution is 1.83. The second-order valence-electron chi connectivity index (χ2n) is 1.67. The third-order valence-corrected chi connectivity index (χ3v) is 1.56. The van der Waals surface area contributed by atoms with E-state index in [0.717, 1.165) is 6.42 Å². The first-order valence-corrected chi connectivity index (χ1v) is 4.25. The van der Waals surface area contributed by atoms with Crippen LogP contribution in [0.25, 0.3) is 0 Å². The van der Waals surface area contributed by atoms with E-state index in [0.29, 0.717) is 11.5 Å². The van der Waals surface area contributed by atoms with E-state index in [1.54, 1.807) is 6.26 Å². The van der Waals surface area contributed by atoms with E-state index in [-0.39, 0.29) is 0 Å². The van der Waals surface area contributed by atoms with Gasteiger partial charge < -0.3 is 5.41 Å². The van der Waals surface area contributed by atoms with E-state index < -0.39 is 10.8 Å². The van der Waals surface area contributed by atoms with E-state index in [1.165, 1.54) is 0 Å². The Hall–Kier alpha value is -0.180. The van der Waals surface area contributed by atoms with Gasteiger partial charge in [-0.2, -0.15) is 0 Å². The van der Waals surface area contributed by atoms with Crippen LogP contribution < -0.4 is 0 Å². The Morgan fingerprint density at radius 3 is 2.38 bits per heavy atom. The first-order chi connectivity index (χ1) is 3.66. The average Bonchev–Trinajstić information content (AvgIpc) is 1.65. The van der Waals surface area contributed by atoms with Gasteiger partial charge in [0.2, 0.25) is 0 Å². The maximum atomic E-state index is 10.4. The Balaban J connectivity index is 3.40. The van der Waals surface area contributed by atoms with Crippen molar-refractivity contribution < 1.29 is 4.21 Å². The van der Waals surface area contributed by atoms with Gasteiger partial charge in [0, 0.05) is 22.8 Å². The van der Waals surface area contributed by atoms with Crippen LogP contribution in [0.3, 0.4) is 0 Å². The minimum atomic E-state index is -0.820. The molecule has 0 aliphatic carbocycles.